The molecule has 1 aromatic heterocycles. The molecule has 1 unspecified atom stereocenters. The van der Waals surface area contributed by atoms with Crippen LogP contribution in [0.5, 0.6) is 0 Å². The predicted octanol–water partition coefficient (Wildman–Crippen LogP) is 4.06. The van der Waals surface area contributed by atoms with Crippen LogP contribution in [0, 0.1) is 13.8 Å². The van der Waals surface area contributed by atoms with Crippen molar-refractivity contribution in [3.8, 4) is 11.1 Å². The van der Waals surface area contributed by atoms with E-state index in [-0.39, 0.29) is 30.8 Å². The quantitative estimate of drug-likeness (QED) is 0.219. The summed E-state index contributed by atoms with van der Waals surface area (Å²) in [5, 5.41) is 10.1. The molecule has 3 rings (SSSR count). The number of hydrogen-bond donors (Lipinski definition) is 3. The zero-order valence-corrected chi connectivity index (χ0v) is 27.3. The van der Waals surface area contributed by atoms with Crippen LogP contribution in [0.15, 0.2) is 65.8 Å². The Labute approximate surface area is 263 Å². The monoisotopic (exact) mass is 664 g/mol. The Hall–Kier alpha value is -3.36. The molecule has 14 heteroatoms. The normalized spacial score (nSPS) is 13.4. The third-order valence-electron chi connectivity index (χ3n) is 7.20. The van der Waals surface area contributed by atoms with Gasteiger partial charge in [-0.05, 0) is 79.3 Å². The van der Waals surface area contributed by atoms with Crippen LogP contribution >= 0.6 is 11.6 Å². The number of halogens is 1. The molecule has 2 atom stereocenters. The molecule has 0 saturated carbocycles. The summed E-state index contributed by atoms with van der Waals surface area (Å²) in [5.74, 6) is -2.21. The fraction of sp³-hybridized carbons (Fsp3) is 0.367. The zero-order chi connectivity index (χ0) is 32.7. The molecule has 0 bridgehead atoms. The number of nitrogens with one attached hydrogen (secondary N) is 2. The number of rotatable bonds is 15. The molecule has 3 N–H and O–H groups in total. The average molecular weight is 665 g/mol. The molecule has 238 valence electrons. The van der Waals surface area contributed by atoms with E-state index < -0.39 is 49.8 Å². The van der Waals surface area contributed by atoms with Gasteiger partial charge >= 0.3 is 5.97 Å². The van der Waals surface area contributed by atoms with Gasteiger partial charge in [-0.1, -0.05) is 42.8 Å². The highest BCUT2D eigenvalue weighted by Gasteiger charge is 2.33. The first kappa shape index (κ1) is 35.1. The van der Waals surface area contributed by atoms with Crippen LogP contribution < -0.4 is 10.0 Å². The standard InChI is InChI=1S/C30H37ClN4O7S2/c1-5-34-43(39,40)28(30(37)38)19-33-29(36)13-8-16-35(44(41,42)27-12-7-11-26(31)21(27)3)22(4)23-9-6-10-24(17-23)25-14-15-32-18-20(25)2/h6-7,9-12,14-15,17-18,22,28,34H,5,8,13,16,19H2,1-4H3,(H,33,36)(H,37,38)/t22?,28-/m0/s1. The number of benzene rings is 2. The zero-order valence-electron chi connectivity index (χ0n) is 24.9. The lowest BCUT2D eigenvalue weighted by Gasteiger charge is -2.30. The highest BCUT2D eigenvalue weighted by molar-refractivity contribution is 7.90. The molecule has 1 amide bonds. The second-order valence-corrected chi connectivity index (χ2v) is 14.5. The maximum Gasteiger partial charge on any atom is 0.325 e. The maximum atomic E-state index is 14.1. The van der Waals surface area contributed by atoms with Crippen molar-refractivity contribution in [1.82, 2.24) is 19.3 Å². The molecule has 0 aliphatic rings. The minimum absolute atomic E-state index is 0.000273. The molecular weight excluding hydrogens is 628 g/mol. The lowest BCUT2D eigenvalue weighted by atomic mass is 9.98. The topological polar surface area (TPSA) is 163 Å². The molecule has 3 aromatic rings. The van der Waals surface area contributed by atoms with E-state index in [1.165, 1.54) is 17.3 Å². The van der Waals surface area contributed by atoms with E-state index in [1.807, 2.05) is 37.3 Å². The van der Waals surface area contributed by atoms with E-state index in [9.17, 15) is 31.5 Å². The summed E-state index contributed by atoms with van der Waals surface area (Å²) in [6, 6.07) is 13.4. The van der Waals surface area contributed by atoms with Crippen LogP contribution in [0.2, 0.25) is 5.02 Å². The Morgan fingerprint density at radius 3 is 2.43 bits per heavy atom. The molecular formula is C30H37ClN4O7S2. The molecule has 0 radical (unpaired) electrons. The van der Waals surface area contributed by atoms with Gasteiger partial charge in [0.15, 0.2) is 5.25 Å². The summed E-state index contributed by atoms with van der Waals surface area (Å²) in [6.07, 6.45) is 3.35. The maximum absolute atomic E-state index is 14.1. The van der Waals surface area contributed by atoms with Crippen LogP contribution in [0.25, 0.3) is 11.1 Å². The smallest absolute Gasteiger partial charge is 0.325 e. The summed E-state index contributed by atoms with van der Waals surface area (Å²) >= 11 is 6.27. The number of carboxylic acids is 1. The molecule has 11 nitrogen and oxygen atoms in total. The largest absolute Gasteiger partial charge is 0.480 e. The van der Waals surface area contributed by atoms with Gasteiger partial charge in [-0.3, -0.25) is 14.6 Å². The molecule has 1 heterocycles. The van der Waals surface area contributed by atoms with Crippen molar-refractivity contribution >= 4 is 43.5 Å². The molecule has 44 heavy (non-hydrogen) atoms. The van der Waals surface area contributed by atoms with Crippen molar-refractivity contribution in [3.05, 3.63) is 82.6 Å². The summed E-state index contributed by atoms with van der Waals surface area (Å²) < 4.78 is 56.0. The number of pyridine rings is 1. The summed E-state index contributed by atoms with van der Waals surface area (Å²) in [4.78, 5) is 28.3. The number of amides is 1. The number of carbonyl (C=O) groups is 2. The van der Waals surface area contributed by atoms with Crippen molar-refractivity contribution in [1.29, 1.82) is 0 Å². The van der Waals surface area contributed by atoms with Gasteiger partial charge in [-0.2, -0.15) is 4.31 Å². The Kier molecular flexibility index (Phi) is 12.0. The van der Waals surface area contributed by atoms with Crippen LogP contribution in [0.4, 0.5) is 0 Å². The van der Waals surface area contributed by atoms with E-state index in [2.05, 4.69) is 15.0 Å². The van der Waals surface area contributed by atoms with Gasteiger partial charge in [0.2, 0.25) is 26.0 Å². The van der Waals surface area contributed by atoms with E-state index in [4.69, 9.17) is 11.6 Å². The SMILES string of the molecule is CCNS(=O)(=O)[C@@H](CNC(=O)CCCN(C(C)c1cccc(-c2ccncc2C)c1)S(=O)(=O)c1cccc(Cl)c1C)C(=O)O. The highest BCUT2D eigenvalue weighted by atomic mass is 35.5. The van der Waals surface area contributed by atoms with Gasteiger partial charge < -0.3 is 10.4 Å². The summed E-state index contributed by atoms with van der Waals surface area (Å²) in [5.41, 5.74) is 3.94. The minimum atomic E-state index is -4.19. The van der Waals surface area contributed by atoms with Crippen molar-refractivity contribution in [3.63, 3.8) is 0 Å². The van der Waals surface area contributed by atoms with Crippen LogP contribution in [0.3, 0.4) is 0 Å². The first-order valence-corrected chi connectivity index (χ1v) is 17.3. The van der Waals surface area contributed by atoms with Crippen molar-refractivity contribution in [2.45, 2.75) is 56.7 Å². The first-order chi connectivity index (χ1) is 20.7. The second kappa shape index (κ2) is 15.1. The number of aliphatic carboxylic acids is 1. The fourth-order valence-electron chi connectivity index (χ4n) is 4.77. The van der Waals surface area contributed by atoms with Crippen LogP contribution in [0.1, 0.15) is 49.4 Å². The molecule has 0 saturated heterocycles. The highest BCUT2D eigenvalue weighted by Crippen LogP contribution is 2.33. The molecule has 0 spiro atoms. The van der Waals surface area contributed by atoms with Gasteiger partial charge in [-0.15, -0.1) is 0 Å². The van der Waals surface area contributed by atoms with E-state index in [1.54, 1.807) is 38.4 Å². The molecule has 0 aliphatic heterocycles. The lowest BCUT2D eigenvalue weighted by Crippen LogP contribution is -2.46. The van der Waals surface area contributed by atoms with Gasteiger partial charge in [0.1, 0.15) is 0 Å². The Balaban J connectivity index is 1.87. The third kappa shape index (κ3) is 8.42. The average Bonchev–Trinajstić information content (AvgIpc) is 2.96. The number of sulfonamides is 2. The number of carboxylic acid groups (broad SMARTS) is 1. The van der Waals surface area contributed by atoms with Crippen LogP contribution in [-0.4, -0.2) is 68.0 Å². The second-order valence-electron chi connectivity index (χ2n) is 10.2. The number of hydrogen-bond acceptors (Lipinski definition) is 7. The van der Waals surface area contributed by atoms with E-state index in [0.29, 0.717) is 10.6 Å². The van der Waals surface area contributed by atoms with Gasteiger partial charge in [0, 0.05) is 49.5 Å². The molecule has 0 aliphatic carbocycles. The van der Waals surface area contributed by atoms with Crippen LogP contribution in [-0.2, 0) is 29.6 Å². The summed E-state index contributed by atoms with van der Waals surface area (Å²) in [7, 11) is -8.30. The number of aryl methyl sites for hydroxylation is 1. The van der Waals surface area contributed by atoms with Crippen molar-refractivity contribution in [2.24, 2.45) is 0 Å². The third-order valence-corrected chi connectivity index (χ3v) is 11.5. The Bertz CT molecular complexity index is 1720. The predicted molar refractivity (Wildman–Crippen MR) is 169 cm³/mol. The van der Waals surface area contributed by atoms with Crippen molar-refractivity contribution < 1.29 is 31.5 Å². The van der Waals surface area contributed by atoms with Gasteiger partial charge in [-0.25, -0.2) is 21.6 Å². The van der Waals surface area contributed by atoms with E-state index >= 15 is 0 Å². The fourth-order valence-corrected chi connectivity index (χ4v) is 8.08. The van der Waals surface area contributed by atoms with Gasteiger partial charge in [0.05, 0.1) is 4.90 Å². The Morgan fingerprint density at radius 1 is 1.07 bits per heavy atom. The minimum Gasteiger partial charge on any atom is -0.480 e. The number of aromatic nitrogens is 1. The van der Waals surface area contributed by atoms with Crippen molar-refractivity contribution in [2.75, 3.05) is 19.6 Å². The number of carbonyl (C=O) groups excluding carboxylic acids is 1. The molecule has 0 fully saturated rings. The molecule has 2 aromatic carbocycles. The lowest BCUT2D eigenvalue weighted by molar-refractivity contribution is -0.136. The summed E-state index contributed by atoms with van der Waals surface area (Å²) in [6.45, 7) is 6.15. The number of nitrogens with zero attached hydrogens (tertiary/aromatic N) is 2. The van der Waals surface area contributed by atoms with E-state index in [0.717, 1.165) is 22.3 Å². The first-order valence-electron chi connectivity index (χ1n) is 14.0. The van der Waals surface area contributed by atoms with Gasteiger partial charge in [0.25, 0.3) is 0 Å². The Morgan fingerprint density at radius 2 is 1.77 bits per heavy atom.